The third-order valence-electron chi connectivity index (χ3n) is 2.65. The van der Waals surface area contributed by atoms with Crippen LogP contribution >= 0.6 is 11.6 Å². The van der Waals surface area contributed by atoms with Crippen molar-refractivity contribution in [1.82, 2.24) is 4.98 Å². The summed E-state index contributed by atoms with van der Waals surface area (Å²) >= 11 is 5.95. The Morgan fingerprint density at radius 1 is 1.41 bits per heavy atom. The zero-order chi connectivity index (χ0) is 12.7. The summed E-state index contributed by atoms with van der Waals surface area (Å²) in [5, 5.41) is 3.28. The first-order valence-corrected chi connectivity index (χ1v) is 6.48. The number of aromatic nitrogens is 1. The molecule has 0 spiro atoms. The van der Waals surface area contributed by atoms with Crippen molar-refractivity contribution in [3.63, 3.8) is 0 Å². The number of nitrogens with one attached hydrogen (secondary N) is 1. The number of hydrogen-bond donors (Lipinski definition) is 1. The Kier molecular flexibility index (Phi) is 5.98. The molecule has 0 bridgehead atoms. The Labute approximate surface area is 108 Å². The highest BCUT2D eigenvalue weighted by Crippen LogP contribution is 2.20. The fourth-order valence-corrected chi connectivity index (χ4v) is 1.97. The van der Waals surface area contributed by atoms with Gasteiger partial charge in [-0.3, -0.25) is 4.79 Å². The van der Waals surface area contributed by atoms with Crippen LogP contribution in [0.5, 0.6) is 0 Å². The molecule has 1 heterocycles. The molecule has 4 heteroatoms. The molecule has 1 rings (SSSR count). The zero-order valence-electron chi connectivity index (χ0n) is 10.4. The molecule has 0 saturated heterocycles. The molecule has 0 saturated carbocycles. The fourth-order valence-electron chi connectivity index (χ4n) is 1.80. The summed E-state index contributed by atoms with van der Waals surface area (Å²) in [6, 6.07) is 3.46. The number of nitrogens with zero attached hydrogens (tertiary/aromatic N) is 1. The lowest BCUT2D eigenvalue weighted by Gasteiger charge is -2.15. The number of carbonyl (C=O) groups excluding carboxylic acids is 1. The number of rotatable bonds is 6. The number of hydrogen-bond acceptors (Lipinski definition) is 2. The first kappa shape index (κ1) is 14.0. The van der Waals surface area contributed by atoms with Gasteiger partial charge in [-0.15, -0.1) is 0 Å². The first-order chi connectivity index (χ1) is 8.19. The standard InChI is InChI=1S/C13H19ClN2O/c1-3-6-10(7-4-2)13(17)16-12-11(14)8-5-9-15-12/h5,8-10H,3-4,6-7H2,1-2H3,(H,15,16,17). The lowest BCUT2D eigenvalue weighted by Crippen LogP contribution is -2.23. The van der Waals surface area contributed by atoms with E-state index in [1.165, 1.54) is 0 Å². The van der Waals surface area contributed by atoms with Crippen molar-refractivity contribution in [2.75, 3.05) is 5.32 Å². The molecule has 17 heavy (non-hydrogen) atoms. The highest BCUT2D eigenvalue weighted by Gasteiger charge is 2.17. The van der Waals surface area contributed by atoms with E-state index >= 15 is 0 Å². The van der Waals surface area contributed by atoms with Crippen molar-refractivity contribution < 1.29 is 4.79 Å². The second-order valence-electron chi connectivity index (χ2n) is 4.10. The molecule has 1 N–H and O–H groups in total. The zero-order valence-corrected chi connectivity index (χ0v) is 11.1. The minimum absolute atomic E-state index is 0.0225. The van der Waals surface area contributed by atoms with Crippen molar-refractivity contribution in [3.8, 4) is 0 Å². The second-order valence-corrected chi connectivity index (χ2v) is 4.50. The van der Waals surface area contributed by atoms with Crippen LogP contribution in [0, 0.1) is 5.92 Å². The predicted octanol–water partition coefficient (Wildman–Crippen LogP) is 3.89. The molecule has 0 fully saturated rings. The van der Waals surface area contributed by atoms with Crippen LogP contribution in [-0.4, -0.2) is 10.9 Å². The molecule has 1 aromatic heterocycles. The van der Waals surface area contributed by atoms with E-state index in [0.29, 0.717) is 10.8 Å². The highest BCUT2D eigenvalue weighted by molar-refractivity contribution is 6.33. The first-order valence-electron chi connectivity index (χ1n) is 6.10. The van der Waals surface area contributed by atoms with Crippen molar-refractivity contribution >= 4 is 23.3 Å². The Morgan fingerprint density at radius 3 is 2.59 bits per heavy atom. The van der Waals surface area contributed by atoms with Crippen LogP contribution in [-0.2, 0) is 4.79 Å². The largest absolute Gasteiger partial charge is 0.309 e. The smallest absolute Gasteiger partial charge is 0.228 e. The Bertz CT molecular complexity index is 362. The molecule has 0 radical (unpaired) electrons. The van der Waals surface area contributed by atoms with Gasteiger partial charge in [0.2, 0.25) is 5.91 Å². The molecular formula is C13H19ClN2O. The van der Waals surface area contributed by atoms with Crippen molar-refractivity contribution in [2.45, 2.75) is 39.5 Å². The second kappa shape index (κ2) is 7.28. The quantitative estimate of drug-likeness (QED) is 0.837. The monoisotopic (exact) mass is 254 g/mol. The molecule has 0 aliphatic rings. The van der Waals surface area contributed by atoms with Crippen LogP contribution in [0.25, 0.3) is 0 Å². The van der Waals surface area contributed by atoms with E-state index in [-0.39, 0.29) is 11.8 Å². The van der Waals surface area contributed by atoms with Gasteiger partial charge in [0.15, 0.2) is 5.82 Å². The van der Waals surface area contributed by atoms with E-state index in [1.54, 1.807) is 18.3 Å². The molecule has 1 amide bonds. The number of amides is 1. The van der Waals surface area contributed by atoms with Crippen LogP contribution in [0.4, 0.5) is 5.82 Å². The molecule has 0 atom stereocenters. The van der Waals surface area contributed by atoms with Crippen molar-refractivity contribution in [2.24, 2.45) is 5.92 Å². The van der Waals surface area contributed by atoms with Crippen LogP contribution in [0.1, 0.15) is 39.5 Å². The topological polar surface area (TPSA) is 42.0 Å². The summed E-state index contributed by atoms with van der Waals surface area (Å²) < 4.78 is 0. The average Bonchev–Trinajstić information content (AvgIpc) is 2.32. The normalized spacial score (nSPS) is 10.6. The molecule has 0 aliphatic carbocycles. The van der Waals surface area contributed by atoms with E-state index < -0.39 is 0 Å². The van der Waals surface area contributed by atoms with Crippen molar-refractivity contribution in [1.29, 1.82) is 0 Å². The van der Waals surface area contributed by atoms with Crippen LogP contribution in [0.3, 0.4) is 0 Å². The summed E-state index contributed by atoms with van der Waals surface area (Å²) in [6.07, 6.45) is 5.45. The SMILES string of the molecule is CCCC(CCC)C(=O)Nc1ncccc1Cl. The molecule has 94 valence electrons. The van der Waals surface area contributed by atoms with Gasteiger partial charge in [0.1, 0.15) is 0 Å². The van der Waals surface area contributed by atoms with Crippen molar-refractivity contribution in [3.05, 3.63) is 23.4 Å². The summed E-state index contributed by atoms with van der Waals surface area (Å²) in [4.78, 5) is 16.1. The third kappa shape index (κ3) is 4.35. The summed E-state index contributed by atoms with van der Waals surface area (Å²) in [7, 11) is 0. The maximum Gasteiger partial charge on any atom is 0.228 e. The van der Waals surface area contributed by atoms with Gasteiger partial charge < -0.3 is 5.32 Å². The number of halogens is 1. The summed E-state index contributed by atoms with van der Waals surface area (Å²) in [5.41, 5.74) is 0. The van der Waals surface area contributed by atoms with E-state index in [1.807, 2.05) is 0 Å². The number of pyridine rings is 1. The van der Waals surface area contributed by atoms with Gasteiger partial charge in [0.25, 0.3) is 0 Å². The van der Waals surface area contributed by atoms with Gasteiger partial charge >= 0.3 is 0 Å². The maximum atomic E-state index is 12.0. The maximum absolute atomic E-state index is 12.0. The van der Waals surface area contributed by atoms with E-state index in [9.17, 15) is 4.79 Å². The fraction of sp³-hybridized carbons (Fsp3) is 0.538. The van der Waals surface area contributed by atoms with E-state index in [0.717, 1.165) is 25.7 Å². The van der Waals surface area contributed by atoms with Crippen LogP contribution in [0.15, 0.2) is 18.3 Å². The molecular weight excluding hydrogens is 236 g/mol. The van der Waals surface area contributed by atoms with Gasteiger partial charge in [-0.1, -0.05) is 38.3 Å². The molecule has 0 aliphatic heterocycles. The van der Waals surface area contributed by atoms with E-state index in [4.69, 9.17) is 11.6 Å². The summed E-state index contributed by atoms with van der Waals surface area (Å²) in [5.74, 6) is 0.536. The van der Waals surface area contributed by atoms with Crippen LogP contribution in [0.2, 0.25) is 5.02 Å². The molecule has 0 unspecified atom stereocenters. The Hall–Kier alpha value is -1.09. The lowest BCUT2D eigenvalue weighted by molar-refractivity contribution is -0.120. The summed E-state index contributed by atoms with van der Waals surface area (Å²) in [6.45, 7) is 4.17. The molecule has 3 nitrogen and oxygen atoms in total. The molecule has 0 aromatic carbocycles. The average molecular weight is 255 g/mol. The lowest BCUT2D eigenvalue weighted by atomic mass is 9.97. The Balaban J connectivity index is 2.66. The van der Waals surface area contributed by atoms with Crippen LogP contribution < -0.4 is 5.32 Å². The van der Waals surface area contributed by atoms with Gasteiger partial charge in [-0.05, 0) is 25.0 Å². The van der Waals surface area contributed by atoms with Gasteiger partial charge in [-0.2, -0.15) is 0 Å². The predicted molar refractivity (Wildman–Crippen MR) is 71.2 cm³/mol. The minimum atomic E-state index is 0.0225. The van der Waals surface area contributed by atoms with Gasteiger partial charge in [-0.25, -0.2) is 4.98 Å². The minimum Gasteiger partial charge on any atom is -0.309 e. The van der Waals surface area contributed by atoms with Gasteiger partial charge in [0, 0.05) is 12.1 Å². The number of carbonyl (C=O) groups is 1. The molecule has 1 aromatic rings. The third-order valence-corrected chi connectivity index (χ3v) is 2.95. The van der Waals surface area contributed by atoms with Gasteiger partial charge in [0.05, 0.1) is 5.02 Å². The highest BCUT2D eigenvalue weighted by atomic mass is 35.5. The number of anilines is 1. The van der Waals surface area contributed by atoms with E-state index in [2.05, 4.69) is 24.1 Å². The Morgan fingerprint density at radius 2 is 2.06 bits per heavy atom.